The van der Waals surface area contributed by atoms with Crippen LogP contribution in [0, 0.1) is 0 Å². The van der Waals surface area contributed by atoms with Gasteiger partial charge in [0.2, 0.25) is 0 Å². The average molecular weight is 408 g/mol. The first kappa shape index (κ1) is 25.2. The van der Waals surface area contributed by atoms with Crippen LogP contribution in [0.15, 0.2) is 0 Å². The molecule has 3 unspecified atom stereocenters. The van der Waals surface area contributed by atoms with Crippen molar-refractivity contribution in [3.8, 4) is 0 Å². The number of methoxy groups -OCH3 is 1. The van der Waals surface area contributed by atoms with Gasteiger partial charge < -0.3 is 35.6 Å². The lowest BCUT2D eigenvalue weighted by Crippen LogP contribution is -2.53. The van der Waals surface area contributed by atoms with Crippen molar-refractivity contribution in [1.29, 1.82) is 0 Å². The summed E-state index contributed by atoms with van der Waals surface area (Å²) in [6.45, 7) is -1.23. The maximum atomic E-state index is 11.5. The Bertz CT molecular complexity index is 580. The van der Waals surface area contributed by atoms with Gasteiger partial charge in [0.25, 0.3) is 0 Å². The minimum Gasteiger partial charge on any atom is -0.481 e. The summed E-state index contributed by atoms with van der Waals surface area (Å²) in [6, 6.07) is -4.20. The van der Waals surface area contributed by atoms with Gasteiger partial charge in [0.15, 0.2) is 0 Å². The van der Waals surface area contributed by atoms with Crippen molar-refractivity contribution in [1.82, 2.24) is 10.2 Å². The lowest BCUT2D eigenvalue weighted by molar-refractivity contribution is -0.153. The van der Waals surface area contributed by atoms with E-state index in [1.54, 1.807) is 0 Å². The van der Waals surface area contributed by atoms with Crippen LogP contribution in [-0.4, -0.2) is 105 Å². The first-order chi connectivity index (χ1) is 13.0. The second-order valence-electron chi connectivity index (χ2n) is 5.75. The Morgan fingerprint density at radius 2 is 1.50 bits per heavy atom. The molecule has 6 N–H and O–H groups in total. The molecule has 0 saturated heterocycles. The van der Waals surface area contributed by atoms with Crippen LogP contribution in [0.5, 0.6) is 0 Å². The highest BCUT2D eigenvalue weighted by molar-refractivity contribution is 5.81. The molecule has 0 rings (SSSR count). The molecule has 0 aliphatic carbocycles. The van der Waals surface area contributed by atoms with E-state index in [0.717, 1.165) is 12.0 Å². The number of carbonyl (C=O) groups excluding carboxylic acids is 1. The monoisotopic (exact) mass is 408 g/mol. The Hall–Kier alpha value is -2.77. The van der Waals surface area contributed by atoms with Gasteiger partial charge >= 0.3 is 29.8 Å². The lowest BCUT2D eigenvalue weighted by Gasteiger charge is -2.34. The smallest absolute Gasteiger partial charge is 0.321 e. The number of esters is 1. The van der Waals surface area contributed by atoms with E-state index < -0.39 is 73.8 Å². The Balaban J connectivity index is 5.42. The molecule has 0 aliphatic rings. The van der Waals surface area contributed by atoms with Gasteiger partial charge in [-0.1, -0.05) is 0 Å². The van der Waals surface area contributed by atoms with Gasteiger partial charge in [0, 0.05) is 19.1 Å². The molecule has 13 heteroatoms. The largest absolute Gasteiger partial charge is 0.481 e. The summed E-state index contributed by atoms with van der Waals surface area (Å²) in [5.41, 5.74) is 0. The molecule has 3 atom stereocenters. The van der Waals surface area contributed by atoms with Crippen molar-refractivity contribution in [2.24, 2.45) is 0 Å². The molecule has 0 aromatic rings. The molecule has 0 spiro atoms. The maximum absolute atomic E-state index is 11.5. The van der Waals surface area contributed by atoms with E-state index in [9.17, 15) is 34.2 Å². The third kappa shape index (κ3) is 9.25. The van der Waals surface area contributed by atoms with Gasteiger partial charge in [-0.2, -0.15) is 0 Å². The Morgan fingerprint density at radius 1 is 0.929 bits per heavy atom. The molecule has 0 bridgehead atoms. The Morgan fingerprint density at radius 3 is 1.89 bits per heavy atom. The molecule has 0 aliphatic heterocycles. The van der Waals surface area contributed by atoms with E-state index in [2.05, 4.69) is 10.1 Å². The minimum atomic E-state index is -1.62. The number of hydrogen-bond acceptors (Lipinski definition) is 9. The third-order valence-electron chi connectivity index (χ3n) is 3.80. The van der Waals surface area contributed by atoms with E-state index in [1.807, 2.05) is 0 Å². The zero-order valence-electron chi connectivity index (χ0n) is 15.1. The second-order valence-corrected chi connectivity index (χ2v) is 5.75. The molecule has 0 saturated carbocycles. The second kappa shape index (κ2) is 12.6. The number of nitrogens with one attached hydrogen (secondary N) is 1. The number of carbonyl (C=O) groups is 5. The van der Waals surface area contributed by atoms with Crippen molar-refractivity contribution in [2.75, 3.05) is 26.8 Å². The van der Waals surface area contributed by atoms with Gasteiger partial charge in [-0.15, -0.1) is 0 Å². The number of rotatable bonds is 15. The number of aliphatic hydroxyl groups excluding tert-OH is 1. The van der Waals surface area contributed by atoms with E-state index in [-0.39, 0.29) is 13.1 Å². The lowest BCUT2D eigenvalue weighted by atomic mass is 10.1. The van der Waals surface area contributed by atoms with Crippen LogP contribution >= 0.6 is 0 Å². The number of carboxylic acids is 4. The highest BCUT2D eigenvalue weighted by Gasteiger charge is 2.34. The summed E-state index contributed by atoms with van der Waals surface area (Å²) < 4.78 is 4.47. The summed E-state index contributed by atoms with van der Waals surface area (Å²) in [5, 5.41) is 48.0. The molecular formula is C15H24N2O11. The molecule has 0 radical (unpaired) electrons. The molecule has 0 fully saturated rings. The van der Waals surface area contributed by atoms with Crippen LogP contribution < -0.4 is 5.32 Å². The van der Waals surface area contributed by atoms with E-state index in [4.69, 9.17) is 15.3 Å². The van der Waals surface area contributed by atoms with Crippen LogP contribution in [0.1, 0.15) is 19.3 Å². The van der Waals surface area contributed by atoms with Gasteiger partial charge in [-0.25, -0.2) is 0 Å². The minimum absolute atomic E-state index is 0.245. The van der Waals surface area contributed by atoms with Crippen LogP contribution in [0.2, 0.25) is 0 Å². The summed E-state index contributed by atoms with van der Waals surface area (Å²) >= 11 is 0. The van der Waals surface area contributed by atoms with Crippen molar-refractivity contribution in [3.63, 3.8) is 0 Å². The van der Waals surface area contributed by atoms with Crippen molar-refractivity contribution >= 4 is 29.8 Å². The molecule has 0 heterocycles. The van der Waals surface area contributed by atoms with Crippen molar-refractivity contribution < 1.29 is 54.2 Å². The van der Waals surface area contributed by atoms with E-state index in [0.29, 0.717) is 0 Å². The highest BCUT2D eigenvalue weighted by atomic mass is 16.5. The Labute approximate surface area is 159 Å². The fraction of sp³-hybridized carbons (Fsp3) is 0.667. The van der Waals surface area contributed by atoms with Crippen molar-refractivity contribution in [3.05, 3.63) is 0 Å². The number of nitrogens with zero attached hydrogens (tertiary/aromatic N) is 1. The Kier molecular flexibility index (Phi) is 11.3. The number of carboxylic acid groups (broad SMARTS) is 4. The summed E-state index contributed by atoms with van der Waals surface area (Å²) in [7, 11) is 1.08. The molecule has 0 amide bonds. The van der Waals surface area contributed by atoms with Crippen LogP contribution in [-0.2, 0) is 28.7 Å². The topological polar surface area (TPSA) is 211 Å². The summed E-state index contributed by atoms with van der Waals surface area (Å²) in [4.78, 5) is 56.8. The van der Waals surface area contributed by atoms with Crippen molar-refractivity contribution in [2.45, 2.75) is 37.4 Å². The zero-order chi connectivity index (χ0) is 21.9. The normalized spacial score (nSPS) is 14.1. The predicted octanol–water partition coefficient (Wildman–Crippen LogP) is -2.34. The van der Waals surface area contributed by atoms with Crippen LogP contribution in [0.4, 0.5) is 0 Å². The van der Waals surface area contributed by atoms with Gasteiger partial charge in [0.1, 0.15) is 12.1 Å². The van der Waals surface area contributed by atoms with Gasteiger partial charge in [0.05, 0.1) is 33.0 Å². The molecule has 0 aromatic heterocycles. The first-order valence-electron chi connectivity index (χ1n) is 8.09. The molecule has 160 valence electrons. The predicted molar refractivity (Wildman–Crippen MR) is 89.6 cm³/mol. The summed E-state index contributed by atoms with van der Waals surface area (Å²) in [5.74, 6) is -6.54. The number of ether oxygens (including phenoxy) is 1. The third-order valence-corrected chi connectivity index (χ3v) is 3.80. The molecule has 0 aromatic carbocycles. The van der Waals surface area contributed by atoms with Crippen LogP contribution in [0.3, 0.4) is 0 Å². The molecule has 28 heavy (non-hydrogen) atoms. The maximum Gasteiger partial charge on any atom is 0.321 e. The number of aliphatic carboxylic acids is 4. The highest BCUT2D eigenvalue weighted by Crippen LogP contribution is 2.14. The quantitative estimate of drug-likeness (QED) is 0.157. The van der Waals surface area contributed by atoms with Crippen LogP contribution in [0.25, 0.3) is 0 Å². The van der Waals surface area contributed by atoms with Gasteiger partial charge in [-0.3, -0.25) is 28.9 Å². The van der Waals surface area contributed by atoms with E-state index in [1.165, 1.54) is 0 Å². The zero-order valence-corrected chi connectivity index (χ0v) is 15.1. The molecular weight excluding hydrogens is 384 g/mol. The number of hydrogen-bond donors (Lipinski definition) is 6. The fourth-order valence-corrected chi connectivity index (χ4v) is 2.46. The number of aliphatic hydroxyl groups is 1. The fourth-order valence-electron chi connectivity index (χ4n) is 2.46. The summed E-state index contributed by atoms with van der Waals surface area (Å²) in [6.07, 6.45) is -2.02. The average Bonchev–Trinajstić information content (AvgIpc) is 2.59. The SMILES string of the molecule is COC(=O)CC(CO)N(CCNC(CC(=O)O)C(=O)O)C(CC(=O)O)C(=O)O. The van der Waals surface area contributed by atoms with E-state index >= 15 is 0 Å². The molecule has 13 nitrogen and oxygen atoms in total. The standard InChI is InChI=1S/C15H24N2O11/c1-28-13(23)4-8(7-18)17(10(15(26)27)6-12(21)22)3-2-16-9(14(24)25)5-11(19)20/h8-10,16,18H,2-7H2,1H3,(H,19,20)(H,21,22)(H,24,25)(H,26,27). The van der Waals surface area contributed by atoms with Gasteiger partial charge in [-0.05, 0) is 0 Å². The first-order valence-corrected chi connectivity index (χ1v) is 8.09.